The highest BCUT2D eigenvalue weighted by molar-refractivity contribution is 5.66. The molecule has 4 aromatic rings. The lowest BCUT2D eigenvalue weighted by atomic mass is 9.86. The van der Waals surface area contributed by atoms with Crippen LogP contribution in [0.3, 0.4) is 0 Å². The first-order valence-corrected chi connectivity index (χ1v) is 13.3. The summed E-state index contributed by atoms with van der Waals surface area (Å²) in [6, 6.07) is 23.7. The zero-order valence-corrected chi connectivity index (χ0v) is 21.5. The van der Waals surface area contributed by atoms with Crippen LogP contribution in [0.2, 0.25) is 0 Å². The summed E-state index contributed by atoms with van der Waals surface area (Å²) in [4.78, 5) is 11.5. The molecule has 3 nitrogen and oxygen atoms in total. The van der Waals surface area contributed by atoms with Crippen LogP contribution in [-0.2, 0) is 13.0 Å². The van der Waals surface area contributed by atoms with Gasteiger partial charge < -0.3 is 4.90 Å². The summed E-state index contributed by atoms with van der Waals surface area (Å²) < 4.78 is 14.6. The highest BCUT2D eigenvalue weighted by atomic mass is 19.1. The largest absolute Gasteiger partial charge is 0.326 e. The number of hydrogen-bond acceptors (Lipinski definition) is 3. The van der Waals surface area contributed by atoms with E-state index in [9.17, 15) is 4.39 Å². The molecule has 37 heavy (non-hydrogen) atoms. The van der Waals surface area contributed by atoms with Crippen molar-refractivity contribution in [1.82, 2.24) is 9.97 Å². The van der Waals surface area contributed by atoms with Crippen LogP contribution in [0.4, 0.5) is 10.2 Å². The van der Waals surface area contributed by atoms with Gasteiger partial charge in [-0.2, -0.15) is 0 Å². The molecule has 0 atom stereocenters. The summed E-state index contributed by atoms with van der Waals surface area (Å²) in [5.74, 6) is 1.15. The third kappa shape index (κ3) is 5.80. The molecule has 4 heteroatoms. The fourth-order valence-electron chi connectivity index (χ4n) is 5.23. The van der Waals surface area contributed by atoms with Gasteiger partial charge in [0.15, 0.2) is 0 Å². The monoisotopic (exact) mass is 491 g/mol. The van der Waals surface area contributed by atoms with E-state index in [1.165, 1.54) is 32.1 Å². The van der Waals surface area contributed by atoms with E-state index in [2.05, 4.69) is 41.6 Å². The van der Waals surface area contributed by atoms with E-state index in [0.717, 1.165) is 45.9 Å². The molecule has 0 aliphatic heterocycles. The third-order valence-electron chi connectivity index (χ3n) is 7.45. The van der Waals surface area contributed by atoms with Crippen LogP contribution in [0.5, 0.6) is 0 Å². The number of halogens is 1. The van der Waals surface area contributed by atoms with Crippen LogP contribution in [0.25, 0.3) is 22.4 Å². The van der Waals surface area contributed by atoms with E-state index in [4.69, 9.17) is 4.98 Å². The topological polar surface area (TPSA) is 29.0 Å². The predicted octanol–water partition coefficient (Wildman–Crippen LogP) is 8.61. The first kappa shape index (κ1) is 24.9. The van der Waals surface area contributed by atoms with Gasteiger partial charge in [0, 0.05) is 35.8 Å². The van der Waals surface area contributed by atoms with Gasteiger partial charge in [0.25, 0.3) is 0 Å². The van der Waals surface area contributed by atoms with Crippen molar-refractivity contribution in [3.63, 3.8) is 0 Å². The molecule has 0 unspecified atom stereocenters. The average Bonchev–Trinajstić information content (AvgIpc) is 2.97. The van der Waals surface area contributed by atoms with E-state index in [1.54, 1.807) is 6.07 Å². The first-order valence-electron chi connectivity index (χ1n) is 13.3. The van der Waals surface area contributed by atoms with Gasteiger partial charge in [-0.15, -0.1) is 0 Å². The Hall–Kier alpha value is -3.79. The number of aryl methyl sites for hydroxylation is 1. The molecule has 188 valence electrons. The summed E-state index contributed by atoms with van der Waals surface area (Å²) in [5, 5.41) is 0. The van der Waals surface area contributed by atoms with Crippen molar-refractivity contribution in [1.29, 1.82) is 0 Å². The first-order chi connectivity index (χ1) is 18.1. The number of rotatable bonds is 8. The van der Waals surface area contributed by atoms with Gasteiger partial charge >= 0.3 is 0 Å². The molecule has 0 saturated heterocycles. The lowest BCUT2D eigenvalue weighted by Gasteiger charge is -2.33. The molecule has 1 aliphatic rings. The number of allylic oxidation sites excluding steroid dienone is 1. The van der Waals surface area contributed by atoms with Gasteiger partial charge in [-0.1, -0.05) is 69.2 Å². The molecule has 0 spiro atoms. The fourth-order valence-corrected chi connectivity index (χ4v) is 5.23. The van der Waals surface area contributed by atoms with Crippen LogP contribution in [-0.4, -0.2) is 9.97 Å². The average molecular weight is 492 g/mol. The molecule has 5 rings (SSSR count). The molecular formula is C33H34FN3. The van der Waals surface area contributed by atoms with E-state index in [-0.39, 0.29) is 5.82 Å². The van der Waals surface area contributed by atoms with Gasteiger partial charge in [0.05, 0.1) is 5.69 Å². The molecule has 0 amide bonds. The maximum atomic E-state index is 14.6. The van der Waals surface area contributed by atoms with Crippen molar-refractivity contribution in [2.24, 2.45) is 5.92 Å². The predicted molar refractivity (Wildman–Crippen MR) is 151 cm³/mol. The maximum Gasteiger partial charge on any atom is 0.133 e. The molecule has 2 aromatic heterocycles. The zero-order valence-electron chi connectivity index (χ0n) is 21.5. The summed E-state index contributed by atoms with van der Waals surface area (Å²) in [6.45, 7) is 7.32. The Morgan fingerprint density at radius 2 is 1.65 bits per heavy atom. The molecule has 2 aromatic carbocycles. The molecule has 1 saturated carbocycles. The number of anilines is 1. The fraction of sp³-hybridized carbons (Fsp3) is 0.273. The van der Waals surface area contributed by atoms with Crippen LogP contribution in [0.15, 0.2) is 97.5 Å². The second-order valence-electron chi connectivity index (χ2n) is 9.89. The zero-order chi connectivity index (χ0) is 25.6. The van der Waals surface area contributed by atoms with Gasteiger partial charge in [0.1, 0.15) is 11.6 Å². The normalized spacial score (nSPS) is 13.9. The summed E-state index contributed by atoms with van der Waals surface area (Å²) in [6.07, 6.45) is 10.7. The SMILES string of the molecule is C=C(C1CCCCC1)N(Cc1ccc(-c2cc(CC)ccc2F)cc1)c1cc(-c2ccccn2)ccn1. The second-order valence-corrected chi connectivity index (χ2v) is 9.89. The Balaban J connectivity index is 1.45. The Bertz CT molecular complexity index is 1340. The number of benzene rings is 2. The number of hydrogen-bond donors (Lipinski definition) is 0. The second kappa shape index (κ2) is 11.5. The van der Waals surface area contributed by atoms with Gasteiger partial charge in [-0.25, -0.2) is 9.37 Å². The molecule has 0 N–H and O–H groups in total. The standard InChI is InChI=1S/C33H34FN3/c1-3-25-14-17-31(34)30(21-25)28-15-12-26(13-16-28)23-37(24(2)27-9-5-4-6-10-27)33-22-29(18-20-36-33)32-11-7-8-19-35-32/h7-8,11-22,27H,2-6,9-10,23H2,1H3. The van der Waals surface area contributed by atoms with Crippen molar-refractivity contribution < 1.29 is 4.39 Å². The van der Waals surface area contributed by atoms with Crippen molar-refractivity contribution >= 4 is 5.82 Å². The van der Waals surface area contributed by atoms with Crippen LogP contribution in [0, 0.1) is 11.7 Å². The molecular weight excluding hydrogens is 457 g/mol. The maximum absolute atomic E-state index is 14.6. The smallest absolute Gasteiger partial charge is 0.133 e. The van der Waals surface area contributed by atoms with Crippen molar-refractivity contribution in [3.05, 3.63) is 114 Å². The number of aromatic nitrogens is 2. The van der Waals surface area contributed by atoms with Gasteiger partial charge in [0.2, 0.25) is 0 Å². The van der Waals surface area contributed by atoms with Gasteiger partial charge in [-0.05, 0) is 78.3 Å². The van der Waals surface area contributed by atoms with E-state index >= 15 is 0 Å². The Morgan fingerprint density at radius 3 is 2.38 bits per heavy atom. The number of nitrogens with zero attached hydrogens (tertiary/aromatic N) is 3. The van der Waals surface area contributed by atoms with E-state index in [0.29, 0.717) is 18.0 Å². The lowest BCUT2D eigenvalue weighted by molar-refractivity contribution is 0.395. The van der Waals surface area contributed by atoms with Crippen LogP contribution < -0.4 is 4.90 Å². The van der Waals surface area contributed by atoms with E-state index in [1.807, 2.05) is 60.9 Å². The quantitative estimate of drug-likeness (QED) is 0.247. The summed E-state index contributed by atoms with van der Waals surface area (Å²) in [7, 11) is 0. The van der Waals surface area contributed by atoms with Gasteiger partial charge in [-0.3, -0.25) is 4.98 Å². The van der Waals surface area contributed by atoms with Crippen molar-refractivity contribution in [3.8, 4) is 22.4 Å². The van der Waals surface area contributed by atoms with Crippen molar-refractivity contribution in [2.45, 2.75) is 52.0 Å². The molecule has 1 fully saturated rings. The highest BCUT2D eigenvalue weighted by Gasteiger charge is 2.23. The Kier molecular flexibility index (Phi) is 7.74. The van der Waals surface area contributed by atoms with Crippen LogP contribution >= 0.6 is 0 Å². The van der Waals surface area contributed by atoms with Crippen LogP contribution in [0.1, 0.15) is 50.2 Å². The molecule has 2 heterocycles. The molecule has 0 bridgehead atoms. The third-order valence-corrected chi connectivity index (χ3v) is 7.45. The van der Waals surface area contributed by atoms with E-state index < -0.39 is 0 Å². The Morgan fingerprint density at radius 1 is 0.865 bits per heavy atom. The highest BCUT2D eigenvalue weighted by Crippen LogP contribution is 2.35. The summed E-state index contributed by atoms with van der Waals surface area (Å²) in [5.41, 5.74) is 6.90. The minimum atomic E-state index is -0.187. The minimum Gasteiger partial charge on any atom is -0.326 e. The molecule has 0 radical (unpaired) electrons. The minimum absolute atomic E-state index is 0.187. The summed E-state index contributed by atoms with van der Waals surface area (Å²) >= 11 is 0. The molecule has 1 aliphatic carbocycles. The number of pyridine rings is 2. The lowest BCUT2D eigenvalue weighted by Crippen LogP contribution is -2.28. The van der Waals surface area contributed by atoms with Crippen molar-refractivity contribution in [2.75, 3.05) is 4.90 Å². The Labute approximate surface area is 219 Å².